The molecule has 0 aliphatic rings. The largest absolute Gasteiger partial charge is 0.476 e. The van der Waals surface area contributed by atoms with Gasteiger partial charge in [-0.15, -0.1) is 5.10 Å². The number of nitrogens with zero attached hydrogens (tertiary/aromatic N) is 4. The number of hydrogen-bond donors (Lipinski definition) is 1. The van der Waals surface area contributed by atoms with Crippen molar-refractivity contribution in [1.29, 1.82) is 0 Å². The number of rotatable bonds is 4. The normalized spacial score (nSPS) is 10.7. The molecule has 2 heterocycles. The summed E-state index contributed by atoms with van der Waals surface area (Å²) in [4.78, 5) is 14.8. The monoisotopic (exact) mass is 304 g/mol. The maximum atomic E-state index is 10.7. The number of benzene rings is 1. The third-order valence-electron chi connectivity index (χ3n) is 2.74. The van der Waals surface area contributed by atoms with Crippen LogP contribution < -0.4 is 0 Å². The van der Waals surface area contributed by atoms with Crippen molar-refractivity contribution in [2.75, 3.05) is 0 Å². The van der Waals surface area contributed by atoms with Crippen LogP contribution in [0, 0.1) is 0 Å². The van der Waals surface area contributed by atoms with Crippen molar-refractivity contribution >= 4 is 17.6 Å². The molecule has 0 bridgehead atoms. The molecule has 7 nitrogen and oxygen atoms in total. The summed E-state index contributed by atoms with van der Waals surface area (Å²) in [5.74, 6) is -0.127. The second-order valence-corrected chi connectivity index (χ2v) is 4.67. The Balaban J connectivity index is 1.78. The van der Waals surface area contributed by atoms with Crippen LogP contribution in [0.1, 0.15) is 16.4 Å². The summed E-state index contributed by atoms with van der Waals surface area (Å²) in [6.07, 6.45) is 2.90. The Bertz CT molecular complexity index is 779. The molecule has 1 aromatic carbocycles. The zero-order valence-electron chi connectivity index (χ0n) is 10.6. The fraction of sp³-hybridized carbons (Fsp3) is 0.0769. The third kappa shape index (κ3) is 2.92. The second kappa shape index (κ2) is 5.37. The van der Waals surface area contributed by atoms with Crippen molar-refractivity contribution in [2.24, 2.45) is 0 Å². The van der Waals surface area contributed by atoms with Gasteiger partial charge in [0, 0.05) is 10.6 Å². The van der Waals surface area contributed by atoms with E-state index in [-0.39, 0.29) is 12.2 Å². The van der Waals surface area contributed by atoms with E-state index in [1.807, 2.05) is 12.1 Å². The highest BCUT2D eigenvalue weighted by Crippen LogP contribution is 2.22. The molecule has 0 aliphatic carbocycles. The molecule has 0 saturated heterocycles. The highest BCUT2D eigenvalue weighted by Gasteiger charge is 2.11. The lowest BCUT2D eigenvalue weighted by Gasteiger charge is -1.97. The first kappa shape index (κ1) is 13.3. The van der Waals surface area contributed by atoms with Crippen LogP contribution >= 0.6 is 11.6 Å². The number of carboxylic acids is 1. The molecular formula is C13H9ClN4O3. The van der Waals surface area contributed by atoms with Crippen LogP contribution in [0.2, 0.25) is 5.02 Å². The van der Waals surface area contributed by atoms with Crippen LogP contribution in [0.3, 0.4) is 0 Å². The van der Waals surface area contributed by atoms with Gasteiger partial charge in [-0.25, -0.2) is 14.5 Å². The van der Waals surface area contributed by atoms with Gasteiger partial charge in [-0.1, -0.05) is 16.8 Å². The molecule has 21 heavy (non-hydrogen) atoms. The van der Waals surface area contributed by atoms with E-state index < -0.39 is 5.97 Å². The molecule has 2 aromatic heterocycles. The molecule has 106 valence electrons. The minimum atomic E-state index is -1.13. The molecule has 0 fully saturated rings. The SMILES string of the molecule is O=C(O)c1cn(Cc2ncc(-c3ccc(Cl)cc3)o2)nn1. The van der Waals surface area contributed by atoms with Gasteiger partial charge in [0.25, 0.3) is 0 Å². The minimum Gasteiger partial charge on any atom is -0.476 e. The van der Waals surface area contributed by atoms with Crippen molar-refractivity contribution < 1.29 is 14.3 Å². The Labute approximate surface area is 123 Å². The number of carbonyl (C=O) groups is 1. The maximum absolute atomic E-state index is 10.7. The average Bonchev–Trinajstić information content (AvgIpc) is 3.10. The molecule has 0 spiro atoms. The van der Waals surface area contributed by atoms with Crippen LogP contribution in [0.25, 0.3) is 11.3 Å². The molecule has 0 aliphatic heterocycles. The number of oxazole rings is 1. The topological polar surface area (TPSA) is 94.0 Å². The van der Waals surface area contributed by atoms with E-state index in [0.717, 1.165) is 5.56 Å². The molecular weight excluding hydrogens is 296 g/mol. The molecule has 0 amide bonds. The summed E-state index contributed by atoms with van der Waals surface area (Å²) >= 11 is 5.83. The number of aromatic nitrogens is 4. The van der Waals surface area contributed by atoms with Crippen molar-refractivity contribution in [3.05, 3.63) is 53.3 Å². The van der Waals surface area contributed by atoms with E-state index in [1.54, 1.807) is 18.3 Å². The summed E-state index contributed by atoms with van der Waals surface area (Å²) in [6, 6.07) is 7.17. The summed E-state index contributed by atoms with van der Waals surface area (Å²) in [6.45, 7) is 0.202. The fourth-order valence-electron chi connectivity index (χ4n) is 1.74. The molecule has 0 radical (unpaired) electrons. The van der Waals surface area contributed by atoms with E-state index in [0.29, 0.717) is 16.7 Å². The number of halogens is 1. The first-order valence-corrected chi connectivity index (χ1v) is 6.34. The first-order chi connectivity index (χ1) is 10.1. The third-order valence-corrected chi connectivity index (χ3v) is 2.99. The van der Waals surface area contributed by atoms with Gasteiger partial charge in [0.05, 0.1) is 12.4 Å². The molecule has 8 heteroatoms. The summed E-state index contributed by atoms with van der Waals surface area (Å²) in [5.41, 5.74) is 0.724. The van der Waals surface area contributed by atoms with E-state index in [2.05, 4.69) is 15.3 Å². The highest BCUT2D eigenvalue weighted by atomic mass is 35.5. The Kier molecular flexibility index (Phi) is 3.41. The van der Waals surface area contributed by atoms with Crippen molar-refractivity contribution in [1.82, 2.24) is 20.0 Å². The van der Waals surface area contributed by atoms with E-state index in [4.69, 9.17) is 21.1 Å². The highest BCUT2D eigenvalue weighted by molar-refractivity contribution is 6.30. The van der Waals surface area contributed by atoms with Crippen LogP contribution in [0.4, 0.5) is 0 Å². The van der Waals surface area contributed by atoms with Crippen molar-refractivity contribution in [3.63, 3.8) is 0 Å². The van der Waals surface area contributed by atoms with Gasteiger partial charge in [0.1, 0.15) is 6.54 Å². The molecule has 0 unspecified atom stereocenters. The van der Waals surface area contributed by atoms with Gasteiger partial charge < -0.3 is 9.52 Å². The smallest absolute Gasteiger partial charge is 0.358 e. The molecule has 1 N–H and O–H groups in total. The fourth-order valence-corrected chi connectivity index (χ4v) is 1.87. The lowest BCUT2D eigenvalue weighted by atomic mass is 10.2. The zero-order chi connectivity index (χ0) is 14.8. The number of carboxylic acid groups (broad SMARTS) is 1. The predicted octanol–water partition coefficient (Wildman–Crippen LogP) is 2.33. The number of hydrogen-bond acceptors (Lipinski definition) is 5. The molecule has 0 atom stereocenters. The van der Waals surface area contributed by atoms with Crippen LogP contribution in [0.15, 0.2) is 41.1 Å². The van der Waals surface area contributed by atoms with Gasteiger partial charge in [-0.3, -0.25) is 0 Å². The van der Waals surface area contributed by atoms with Gasteiger partial charge in [-0.2, -0.15) is 0 Å². The van der Waals surface area contributed by atoms with Gasteiger partial charge >= 0.3 is 5.97 Å². The summed E-state index contributed by atoms with van der Waals surface area (Å²) in [7, 11) is 0. The van der Waals surface area contributed by atoms with Crippen molar-refractivity contribution in [3.8, 4) is 11.3 Å². The standard InChI is InChI=1S/C13H9ClN4O3/c14-9-3-1-8(2-4-9)11-5-15-12(21-11)7-18-6-10(13(19)20)16-17-18/h1-6H,7H2,(H,19,20). The zero-order valence-corrected chi connectivity index (χ0v) is 11.4. The van der Waals surface area contributed by atoms with Crippen LogP contribution in [-0.2, 0) is 6.54 Å². The molecule has 0 saturated carbocycles. The quantitative estimate of drug-likeness (QED) is 0.795. The maximum Gasteiger partial charge on any atom is 0.358 e. The van der Waals surface area contributed by atoms with E-state index in [9.17, 15) is 4.79 Å². The van der Waals surface area contributed by atoms with Gasteiger partial charge in [0.2, 0.25) is 5.89 Å². The predicted molar refractivity (Wildman–Crippen MR) is 73.0 cm³/mol. The average molecular weight is 305 g/mol. The van der Waals surface area contributed by atoms with Crippen LogP contribution in [0.5, 0.6) is 0 Å². The lowest BCUT2D eigenvalue weighted by molar-refractivity contribution is 0.0690. The van der Waals surface area contributed by atoms with Gasteiger partial charge in [0.15, 0.2) is 11.5 Å². The second-order valence-electron chi connectivity index (χ2n) is 4.23. The molecule has 3 aromatic rings. The lowest BCUT2D eigenvalue weighted by Crippen LogP contribution is -2.00. The van der Waals surface area contributed by atoms with E-state index in [1.165, 1.54) is 10.9 Å². The Morgan fingerprint density at radius 3 is 2.76 bits per heavy atom. The summed E-state index contributed by atoms with van der Waals surface area (Å²) in [5, 5.41) is 16.6. The Hall–Kier alpha value is -2.67. The van der Waals surface area contributed by atoms with E-state index >= 15 is 0 Å². The Morgan fingerprint density at radius 2 is 2.10 bits per heavy atom. The van der Waals surface area contributed by atoms with Gasteiger partial charge in [-0.05, 0) is 24.3 Å². The molecule has 3 rings (SSSR count). The van der Waals surface area contributed by atoms with Crippen LogP contribution in [-0.4, -0.2) is 31.1 Å². The Morgan fingerprint density at radius 1 is 1.33 bits per heavy atom. The first-order valence-electron chi connectivity index (χ1n) is 5.96. The van der Waals surface area contributed by atoms with Crippen molar-refractivity contribution in [2.45, 2.75) is 6.54 Å². The number of aromatic carboxylic acids is 1. The minimum absolute atomic E-state index is 0.125. The summed E-state index contributed by atoms with van der Waals surface area (Å²) < 4.78 is 6.94.